The van der Waals surface area contributed by atoms with Crippen molar-refractivity contribution in [1.29, 1.82) is 0 Å². The van der Waals surface area contributed by atoms with E-state index in [0.717, 1.165) is 17.7 Å². The molecule has 112 valence electrons. The van der Waals surface area contributed by atoms with Crippen molar-refractivity contribution in [3.05, 3.63) is 65.5 Å². The van der Waals surface area contributed by atoms with Gasteiger partial charge in [-0.25, -0.2) is 4.39 Å². The van der Waals surface area contributed by atoms with Crippen molar-refractivity contribution in [1.82, 2.24) is 5.32 Å². The summed E-state index contributed by atoms with van der Waals surface area (Å²) >= 11 is 0. The van der Waals surface area contributed by atoms with Crippen LogP contribution in [-0.2, 0) is 0 Å². The number of benzene rings is 2. The molecule has 2 aromatic carbocycles. The van der Waals surface area contributed by atoms with Gasteiger partial charge in [0.15, 0.2) is 11.6 Å². The van der Waals surface area contributed by atoms with Crippen LogP contribution in [-0.4, -0.2) is 6.54 Å². The summed E-state index contributed by atoms with van der Waals surface area (Å²) in [4.78, 5) is 0. The van der Waals surface area contributed by atoms with Crippen molar-refractivity contribution in [2.45, 2.75) is 32.9 Å². The first-order chi connectivity index (χ1) is 10.1. The summed E-state index contributed by atoms with van der Waals surface area (Å²) in [6.07, 6.45) is -0.198. The zero-order valence-corrected chi connectivity index (χ0v) is 12.8. The van der Waals surface area contributed by atoms with Gasteiger partial charge in [-0.05, 0) is 32.0 Å². The Morgan fingerprint density at radius 1 is 1.05 bits per heavy atom. The van der Waals surface area contributed by atoms with E-state index in [9.17, 15) is 4.39 Å². The van der Waals surface area contributed by atoms with Gasteiger partial charge in [0.05, 0.1) is 0 Å². The minimum Gasteiger partial charge on any atom is -0.483 e. The highest BCUT2D eigenvalue weighted by Crippen LogP contribution is 2.31. The molecular weight excluding hydrogens is 265 g/mol. The van der Waals surface area contributed by atoms with Crippen LogP contribution in [0.3, 0.4) is 0 Å². The summed E-state index contributed by atoms with van der Waals surface area (Å²) in [5.41, 5.74) is 1.88. The van der Waals surface area contributed by atoms with Crippen LogP contribution in [0.25, 0.3) is 0 Å². The smallest absolute Gasteiger partial charge is 0.165 e. The second-order valence-corrected chi connectivity index (χ2v) is 5.11. The van der Waals surface area contributed by atoms with E-state index < -0.39 is 0 Å². The molecule has 0 heterocycles. The number of rotatable bonds is 6. The molecule has 0 bridgehead atoms. The molecule has 3 heteroatoms. The zero-order valence-electron chi connectivity index (χ0n) is 12.8. The number of halogens is 1. The Morgan fingerprint density at radius 3 is 2.43 bits per heavy atom. The Bertz CT molecular complexity index is 571. The van der Waals surface area contributed by atoms with E-state index in [1.165, 1.54) is 6.07 Å². The Labute approximate surface area is 126 Å². The fraction of sp³-hybridized carbons (Fsp3) is 0.333. The van der Waals surface area contributed by atoms with Crippen molar-refractivity contribution in [2.75, 3.05) is 6.54 Å². The summed E-state index contributed by atoms with van der Waals surface area (Å²) in [7, 11) is 0. The molecule has 2 atom stereocenters. The minimum atomic E-state index is -0.319. The summed E-state index contributed by atoms with van der Waals surface area (Å²) in [6.45, 7) is 6.80. The first-order valence-electron chi connectivity index (χ1n) is 7.36. The molecule has 0 saturated heterocycles. The van der Waals surface area contributed by atoms with E-state index in [4.69, 9.17) is 4.74 Å². The van der Waals surface area contributed by atoms with Gasteiger partial charge in [-0.1, -0.05) is 49.4 Å². The number of hydrogen-bond donors (Lipinski definition) is 1. The van der Waals surface area contributed by atoms with Gasteiger partial charge in [0.2, 0.25) is 0 Å². The molecule has 2 nitrogen and oxygen atoms in total. The molecule has 21 heavy (non-hydrogen) atoms. The highest BCUT2D eigenvalue weighted by molar-refractivity contribution is 5.38. The third kappa shape index (κ3) is 3.82. The summed E-state index contributed by atoms with van der Waals surface area (Å²) < 4.78 is 20.1. The predicted octanol–water partition coefficient (Wildman–Crippen LogP) is 4.64. The van der Waals surface area contributed by atoms with E-state index in [0.29, 0.717) is 5.75 Å². The monoisotopic (exact) mass is 287 g/mol. The van der Waals surface area contributed by atoms with Crippen LogP contribution in [0.1, 0.15) is 44.0 Å². The number of ether oxygens (including phenoxy) is 1. The lowest BCUT2D eigenvalue weighted by molar-refractivity contribution is 0.212. The molecule has 0 aliphatic rings. The predicted molar refractivity (Wildman–Crippen MR) is 84.0 cm³/mol. The lowest BCUT2D eigenvalue weighted by Crippen LogP contribution is -2.19. The van der Waals surface area contributed by atoms with Gasteiger partial charge >= 0.3 is 0 Å². The van der Waals surface area contributed by atoms with Gasteiger partial charge in [0.1, 0.15) is 6.10 Å². The normalized spacial score (nSPS) is 13.7. The van der Waals surface area contributed by atoms with Crippen LogP contribution in [0, 0.1) is 5.82 Å². The van der Waals surface area contributed by atoms with Gasteiger partial charge in [-0.15, -0.1) is 0 Å². The first-order valence-corrected chi connectivity index (χ1v) is 7.36. The molecule has 0 saturated carbocycles. The minimum absolute atomic E-state index is 0.0451. The van der Waals surface area contributed by atoms with E-state index in [1.807, 2.05) is 57.2 Å². The molecule has 2 rings (SSSR count). The molecule has 0 aliphatic carbocycles. The van der Waals surface area contributed by atoms with Crippen LogP contribution in [0.15, 0.2) is 48.5 Å². The standard InChI is InChI=1S/C18H22FNO/c1-4-20-13(2)16-11-8-12-17(19)18(16)21-14(3)15-9-6-5-7-10-15/h5-14,20H,4H2,1-3H3. The van der Waals surface area contributed by atoms with Crippen molar-refractivity contribution in [3.8, 4) is 5.75 Å². The van der Waals surface area contributed by atoms with Crippen molar-refractivity contribution in [3.63, 3.8) is 0 Å². The molecule has 2 aromatic rings. The average Bonchev–Trinajstić information content (AvgIpc) is 2.50. The largest absolute Gasteiger partial charge is 0.483 e. The van der Waals surface area contributed by atoms with Gasteiger partial charge in [-0.3, -0.25) is 0 Å². The lowest BCUT2D eigenvalue weighted by Gasteiger charge is -2.21. The topological polar surface area (TPSA) is 21.3 Å². The molecular formula is C18H22FNO. The maximum Gasteiger partial charge on any atom is 0.165 e. The summed E-state index contributed by atoms with van der Waals surface area (Å²) in [5, 5.41) is 3.30. The van der Waals surface area contributed by atoms with Crippen molar-refractivity contribution < 1.29 is 9.13 Å². The molecule has 0 spiro atoms. The van der Waals surface area contributed by atoms with Crippen LogP contribution < -0.4 is 10.1 Å². The molecule has 0 aromatic heterocycles. The van der Waals surface area contributed by atoms with E-state index in [-0.39, 0.29) is 18.0 Å². The summed E-state index contributed by atoms with van der Waals surface area (Å²) in [5.74, 6) is 0.0161. The van der Waals surface area contributed by atoms with Crippen LogP contribution in [0.4, 0.5) is 4.39 Å². The number of hydrogen-bond acceptors (Lipinski definition) is 2. The molecule has 0 amide bonds. The maximum absolute atomic E-state index is 14.2. The number of nitrogens with one attached hydrogen (secondary N) is 1. The van der Waals surface area contributed by atoms with Crippen LogP contribution in [0.2, 0.25) is 0 Å². The Balaban J connectivity index is 2.26. The lowest BCUT2D eigenvalue weighted by atomic mass is 10.1. The van der Waals surface area contributed by atoms with Crippen molar-refractivity contribution >= 4 is 0 Å². The molecule has 1 N–H and O–H groups in total. The van der Waals surface area contributed by atoms with E-state index in [1.54, 1.807) is 6.07 Å². The third-order valence-corrected chi connectivity index (χ3v) is 3.54. The molecule has 0 radical (unpaired) electrons. The SMILES string of the molecule is CCNC(C)c1cccc(F)c1OC(C)c1ccccc1. The second-order valence-electron chi connectivity index (χ2n) is 5.11. The number of para-hydroxylation sites is 1. The highest BCUT2D eigenvalue weighted by atomic mass is 19.1. The molecule has 0 fully saturated rings. The quantitative estimate of drug-likeness (QED) is 0.836. The van der Waals surface area contributed by atoms with Crippen LogP contribution >= 0.6 is 0 Å². The zero-order chi connectivity index (χ0) is 15.2. The van der Waals surface area contributed by atoms with Crippen molar-refractivity contribution in [2.24, 2.45) is 0 Å². The fourth-order valence-corrected chi connectivity index (χ4v) is 2.38. The van der Waals surface area contributed by atoms with Gasteiger partial charge in [-0.2, -0.15) is 0 Å². The molecule has 0 aliphatic heterocycles. The van der Waals surface area contributed by atoms with Crippen LogP contribution in [0.5, 0.6) is 5.75 Å². The Kier molecular flexibility index (Phi) is 5.34. The van der Waals surface area contributed by atoms with E-state index in [2.05, 4.69) is 5.32 Å². The van der Waals surface area contributed by atoms with Gasteiger partial charge in [0.25, 0.3) is 0 Å². The van der Waals surface area contributed by atoms with Gasteiger partial charge < -0.3 is 10.1 Å². The average molecular weight is 287 g/mol. The molecule has 2 unspecified atom stereocenters. The highest BCUT2D eigenvalue weighted by Gasteiger charge is 2.17. The Hall–Kier alpha value is -1.87. The second kappa shape index (κ2) is 7.23. The third-order valence-electron chi connectivity index (χ3n) is 3.54. The van der Waals surface area contributed by atoms with Gasteiger partial charge in [0, 0.05) is 11.6 Å². The first kappa shape index (κ1) is 15.5. The maximum atomic E-state index is 14.2. The van der Waals surface area contributed by atoms with E-state index >= 15 is 0 Å². The Morgan fingerprint density at radius 2 is 1.76 bits per heavy atom. The summed E-state index contributed by atoms with van der Waals surface area (Å²) in [6, 6.07) is 15.0. The fourth-order valence-electron chi connectivity index (χ4n) is 2.38.